The predicted octanol–water partition coefficient (Wildman–Crippen LogP) is 2.24. The second kappa shape index (κ2) is 7.77. The molecule has 0 atom stereocenters. The van der Waals surface area contributed by atoms with Crippen LogP contribution >= 0.6 is 0 Å². The van der Waals surface area contributed by atoms with Crippen LogP contribution in [0.4, 0.5) is 13.2 Å². The number of carbonyl (C=O) groups is 1. The number of piperazine rings is 1. The quantitative estimate of drug-likeness (QED) is 0.812. The standard InChI is InChI=1S/C17H19F3N4O2/c18-17(19,20)26-15-4-2-14(3-5-15)16(25)23-11-8-22(9-12-23)10-13-24-7-1-6-21-24/h1-7H,8-13H2. The first-order valence-corrected chi connectivity index (χ1v) is 8.25. The highest BCUT2D eigenvalue weighted by Crippen LogP contribution is 2.23. The van der Waals surface area contributed by atoms with Crippen molar-refractivity contribution in [3.8, 4) is 5.75 Å². The molecule has 140 valence electrons. The minimum atomic E-state index is -4.74. The van der Waals surface area contributed by atoms with Crippen molar-refractivity contribution in [3.05, 3.63) is 48.3 Å². The van der Waals surface area contributed by atoms with Gasteiger partial charge < -0.3 is 9.64 Å². The molecule has 0 bridgehead atoms. The number of carbonyl (C=O) groups excluding carboxylic acids is 1. The highest BCUT2D eigenvalue weighted by atomic mass is 19.4. The van der Waals surface area contributed by atoms with Crippen LogP contribution in [0, 0.1) is 0 Å². The summed E-state index contributed by atoms with van der Waals surface area (Å²) < 4.78 is 42.2. The van der Waals surface area contributed by atoms with Crippen molar-refractivity contribution < 1.29 is 22.7 Å². The zero-order valence-corrected chi connectivity index (χ0v) is 14.0. The van der Waals surface area contributed by atoms with E-state index >= 15 is 0 Å². The number of benzene rings is 1. The second-order valence-electron chi connectivity index (χ2n) is 5.98. The summed E-state index contributed by atoms with van der Waals surface area (Å²) in [6.45, 7) is 4.32. The maximum Gasteiger partial charge on any atom is 0.573 e. The van der Waals surface area contributed by atoms with E-state index in [0.717, 1.165) is 38.3 Å². The molecule has 2 aromatic rings. The highest BCUT2D eigenvalue weighted by Gasteiger charge is 2.31. The van der Waals surface area contributed by atoms with E-state index < -0.39 is 6.36 Å². The third-order valence-electron chi connectivity index (χ3n) is 4.20. The number of nitrogens with zero attached hydrogens (tertiary/aromatic N) is 4. The molecule has 0 radical (unpaired) electrons. The molecule has 1 fully saturated rings. The number of alkyl halides is 3. The van der Waals surface area contributed by atoms with Gasteiger partial charge in [-0.2, -0.15) is 5.10 Å². The molecule has 1 aromatic carbocycles. The molecule has 6 nitrogen and oxygen atoms in total. The molecule has 3 rings (SSSR count). The maximum absolute atomic E-state index is 12.5. The monoisotopic (exact) mass is 368 g/mol. The van der Waals surface area contributed by atoms with Crippen molar-refractivity contribution in [2.75, 3.05) is 32.7 Å². The number of hydrogen-bond acceptors (Lipinski definition) is 4. The molecule has 26 heavy (non-hydrogen) atoms. The Hall–Kier alpha value is -2.55. The Balaban J connectivity index is 1.48. The van der Waals surface area contributed by atoms with Gasteiger partial charge in [0, 0.05) is 50.7 Å². The first kappa shape index (κ1) is 18.2. The molecule has 0 N–H and O–H groups in total. The molecule has 1 aliphatic rings. The minimum Gasteiger partial charge on any atom is -0.406 e. The molecular weight excluding hydrogens is 349 g/mol. The van der Waals surface area contributed by atoms with E-state index in [1.807, 2.05) is 16.9 Å². The number of aromatic nitrogens is 2. The van der Waals surface area contributed by atoms with Crippen LogP contribution in [0.25, 0.3) is 0 Å². The molecule has 1 amide bonds. The molecule has 9 heteroatoms. The number of hydrogen-bond donors (Lipinski definition) is 0. The number of ether oxygens (including phenoxy) is 1. The third kappa shape index (κ3) is 4.98. The Morgan fingerprint density at radius 3 is 2.35 bits per heavy atom. The van der Waals surface area contributed by atoms with Gasteiger partial charge in [-0.1, -0.05) is 0 Å². The smallest absolute Gasteiger partial charge is 0.406 e. The molecule has 0 unspecified atom stereocenters. The molecule has 0 spiro atoms. The fourth-order valence-electron chi connectivity index (χ4n) is 2.83. The average Bonchev–Trinajstić information content (AvgIpc) is 3.13. The Kier molecular flexibility index (Phi) is 5.46. The summed E-state index contributed by atoms with van der Waals surface area (Å²) >= 11 is 0. The third-order valence-corrected chi connectivity index (χ3v) is 4.20. The lowest BCUT2D eigenvalue weighted by Crippen LogP contribution is -2.49. The Morgan fingerprint density at radius 1 is 1.08 bits per heavy atom. The lowest BCUT2D eigenvalue weighted by molar-refractivity contribution is -0.274. The van der Waals surface area contributed by atoms with E-state index in [-0.39, 0.29) is 11.7 Å². The van der Waals surface area contributed by atoms with Gasteiger partial charge in [-0.15, -0.1) is 13.2 Å². The van der Waals surface area contributed by atoms with Crippen LogP contribution in [0.2, 0.25) is 0 Å². The average molecular weight is 368 g/mol. The van der Waals surface area contributed by atoms with Crippen molar-refractivity contribution in [2.45, 2.75) is 12.9 Å². The summed E-state index contributed by atoms with van der Waals surface area (Å²) in [4.78, 5) is 16.4. The van der Waals surface area contributed by atoms with Crippen molar-refractivity contribution >= 4 is 5.91 Å². The van der Waals surface area contributed by atoms with E-state index in [0.29, 0.717) is 18.7 Å². The summed E-state index contributed by atoms with van der Waals surface area (Å²) in [6.07, 6.45) is -1.09. The van der Waals surface area contributed by atoms with Crippen molar-refractivity contribution in [1.29, 1.82) is 0 Å². The van der Waals surface area contributed by atoms with E-state index in [4.69, 9.17) is 0 Å². The van der Waals surface area contributed by atoms with Crippen LogP contribution in [0.1, 0.15) is 10.4 Å². The molecule has 2 heterocycles. The summed E-state index contributed by atoms with van der Waals surface area (Å²) in [5, 5.41) is 4.16. The van der Waals surface area contributed by atoms with Gasteiger partial charge in [0.25, 0.3) is 5.91 Å². The van der Waals surface area contributed by atoms with Crippen molar-refractivity contribution in [2.24, 2.45) is 0 Å². The van der Waals surface area contributed by atoms with Gasteiger partial charge in [0.05, 0.1) is 6.54 Å². The molecule has 1 aliphatic heterocycles. The summed E-state index contributed by atoms with van der Waals surface area (Å²) in [5.41, 5.74) is 0.351. The highest BCUT2D eigenvalue weighted by molar-refractivity contribution is 5.94. The van der Waals surface area contributed by atoms with Gasteiger partial charge in [0.15, 0.2) is 0 Å². The summed E-state index contributed by atoms with van der Waals surface area (Å²) in [5.74, 6) is -0.521. The molecule has 1 aromatic heterocycles. The van der Waals surface area contributed by atoms with E-state index in [1.54, 1.807) is 11.1 Å². The number of amides is 1. The van der Waals surface area contributed by atoms with Gasteiger partial charge >= 0.3 is 6.36 Å². The normalized spacial score (nSPS) is 15.9. The van der Waals surface area contributed by atoms with Crippen molar-refractivity contribution in [1.82, 2.24) is 19.6 Å². The zero-order valence-electron chi connectivity index (χ0n) is 14.0. The predicted molar refractivity (Wildman–Crippen MR) is 87.7 cm³/mol. The second-order valence-corrected chi connectivity index (χ2v) is 5.98. The van der Waals surface area contributed by atoms with Crippen LogP contribution < -0.4 is 4.74 Å². The lowest BCUT2D eigenvalue weighted by atomic mass is 10.1. The van der Waals surface area contributed by atoms with Gasteiger partial charge in [0.1, 0.15) is 5.75 Å². The van der Waals surface area contributed by atoms with Crippen LogP contribution in [0.5, 0.6) is 5.75 Å². The van der Waals surface area contributed by atoms with Crippen molar-refractivity contribution in [3.63, 3.8) is 0 Å². The topological polar surface area (TPSA) is 50.6 Å². The van der Waals surface area contributed by atoms with Crippen LogP contribution in [0.15, 0.2) is 42.7 Å². The fraction of sp³-hybridized carbons (Fsp3) is 0.412. The Morgan fingerprint density at radius 2 is 1.77 bits per heavy atom. The van der Waals surface area contributed by atoms with Gasteiger partial charge in [-0.25, -0.2) is 0 Å². The summed E-state index contributed by atoms with van der Waals surface area (Å²) in [6, 6.07) is 6.89. The fourth-order valence-corrected chi connectivity index (χ4v) is 2.83. The zero-order chi connectivity index (χ0) is 18.6. The molecule has 1 saturated heterocycles. The van der Waals surface area contributed by atoms with Gasteiger partial charge in [0.2, 0.25) is 0 Å². The minimum absolute atomic E-state index is 0.185. The van der Waals surface area contributed by atoms with Crippen LogP contribution in [0.3, 0.4) is 0 Å². The van der Waals surface area contributed by atoms with E-state index in [9.17, 15) is 18.0 Å². The van der Waals surface area contributed by atoms with Crippen LogP contribution in [-0.4, -0.2) is 64.6 Å². The molecule has 0 aliphatic carbocycles. The SMILES string of the molecule is O=C(c1ccc(OC(F)(F)F)cc1)N1CCN(CCn2cccn2)CC1. The van der Waals surface area contributed by atoms with Gasteiger partial charge in [-0.3, -0.25) is 14.4 Å². The largest absolute Gasteiger partial charge is 0.573 e. The molecule has 0 saturated carbocycles. The lowest BCUT2D eigenvalue weighted by Gasteiger charge is -2.34. The Labute approximate surface area is 148 Å². The number of halogens is 3. The van der Waals surface area contributed by atoms with E-state index in [1.165, 1.54) is 12.1 Å². The molecular formula is C17H19F3N4O2. The van der Waals surface area contributed by atoms with Crippen LogP contribution in [-0.2, 0) is 6.54 Å². The first-order chi connectivity index (χ1) is 12.4. The maximum atomic E-state index is 12.5. The summed E-state index contributed by atoms with van der Waals surface area (Å²) in [7, 11) is 0. The first-order valence-electron chi connectivity index (χ1n) is 8.25. The Bertz CT molecular complexity index is 709. The van der Waals surface area contributed by atoms with E-state index in [2.05, 4.69) is 14.7 Å². The van der Waals surface area contributed by atoms with Gasteiger partial charge in [-0.05, 0) is 30.3 Å². The number of rotatable bonds is 5.